The predicted molar refractivity (Wildman–Crippen MR) is 75.8 cm³/mol. The number of rotatable bonds is 4. The lowest BCUT2D eigenvalue weighted by Gasteiger charge is -2.29. The molecule has 1 rings (SSSR count). The molecule has 7 nitrogen and oxygen atoms in total. The summed E-state index contributed by atoms with van der Waals surface area (Å²) in [5.41, 5.74) is 8.60. The molecule has 0 aromatic carbocycles. The monoisotopic (exact) mass is 295 g/mol. The Morgan fingerprint density at radius 3 is 2.71 bits per heavy atom. The molecule has 0 aliphatic carbocycles. The van der Waals surface area contributed by atoms with Crippen LogP contribution in [0.5, 0.6) is 0 Å². The van der Waals surface area contributed by atoms with E-state index in [9.17, 15) is 9.59 Å². The first kappa shape index (κ1) is 16.9. The minimum absolute atomic E-state index is 0.0490. The molecule has 21 heavy (non-hydrogen) atoms. The molecular formula is C14H21N3O4. The summed E-state index contributed by atoms with van der Waals surface area (Å²) in [6, 6.07) is 0. The first-order valence-electron chi connectivity index (χ1n) is 6.79. The summed E-state index contributed by atoms with van der Waals surface area (Å²) >= 11 is 0. The number of ether oxygens (including phenoxy) is 2. The molecule has 0 aromatic rings. The molecule has 7 heteroatoms. The zero-order valence-electron chi connectivity index (χ0n) is 12.7. The van der Waals surface area contributed by atoms with Crippen LogP contribution in [-0.4, -0.2) is 53.3 Å². The maximum atomic E-state index is 11.9. The van der Waals surface area contributed by atoms with Crippen molar-refractivity contribution >= 4 is 18.3 Å². The maximum Gasteiger partial charge on any atom is 0.410 e. The molecule has 1 heterocycles. The minimum atomic E-state index is -0.515. The van der Waals surface area contributed by atoms with E-state index in [0.717, 1.165) is 11.8 Å². The number of nitrogens with zero attached hydrogens (tertiary/aromatic N) is 3. The number of esters is 1. The Morgan fingerprint density at radius 2 is 2.19 bits per heavy atom. The molecule has 0 bridgehead atoms. The van der Waals surface area contributed by atoms with Crippen molar-refractivity contribution in [2.24, 2.45) is 0 Å². The molecule has 0 N–H and O–H groups in total. The van der Waals surface area contributed by atoms with Gasteiger partial charge in [-0.1, -0.05) is 11.6 Å². The smallest absolute Gasteiger partial charge is 0.410 e. The second-order valence-electron chi connectivity index (χ2n) is 5.70. The van der Waals surface area contributed by atoms with Crippen molar-refractivity contribution in [2.75, 3.05) is 19.7 Å². The number of amides is 1. The number of carbonyl (C=O) groups is 2. The third-order valence-corrected chi connectivity index (χ3v) is 2.73. The fourth-order valence-electron chi connectivity index (χ4n) is 1.76. The van der Waals surface area contributed by atoms with E-state index in [2.05, 4.69) is 4.79 Å². The quantitative estimate of drug-likeness (QED) is 0.260. The van der Waals surface area contributed by atoms with E-state index < -0.39 is 5.60 Å². The average Bonchev–Trinajstić information content (AvgIpc) is 2.38. The highest BCUT2D eigenvalue weighted by Gasteiger charge is 2.24. The van der Waals surface area contributed by atoms with Gasteiger partial charge in [0.15, 0.2) is 6.61 Å². The van der Waals surface area contributed by atoms with Gasteiger partial charge in [-0.25, -0.2) is 4.79 Å². The molecule has 0 saturated carbocycles. The van der Waals surface area contributed by atoms with Crippen LogP contribution in [0.4, 0.5) is 4.79 Å². The van der Waals surface area contributed by atoms with E-state index >= 15 is 0 Å². The topological polar surface area (TPSA) is 92.2 Å². The molecule has 0 radical (unpaired) electrons. The van der Waals surface area contributed by atoms with Crippen LogP contribution in [-0.2, 0) is 14.3 Å². The van der Waals surface area contributed by atoms with Crippen LogP contribution >= 0.6 is 0 Å². The molecule has 0 atom stereocenters. The molecule has 0 unspecified atom stereocenters. The molecule has 0 saturated heterocycles. The first-order chi connectivity index (χ1) is 9.81. The Kier molecular flexibility index (Phi) is 6.11. The lowest BCUT2D eigenvalue weighted by Crippen LogP contribution is -2.39. The Labute approximate surface area is 124 Å². The molecule has 116 valence electrons. The second-order valence-corrected chi connectivity index (χ2v) is 5.70. The number of carbonyl (C=O) groups excluding carboxylic acids is 2. The van der Waals surface area contributed by atoms with Crippen molar-refractivity contribution in [3.8, 4) is 0 Å². The molecule has 0 fully saturated rings. The molecule has 0 spiro atoms. The van der Waals surface area contributed by atoms with E-state index in [1.54, 1.807) is 4.90 Å². The summed E-state index contributed by atoms with van der Waals surface area (Å²) < 4.78 is 10.1. The van der Waals surface area contributed by atoms with Gasteiger partial charge in [-0.15, -0.1) is 0 Å². The lowest BCUT2D eigenvalue weighted by atomic mass is 10.1. The van der Waals surface area contributed by atoms with Crippen LogP contribution < -0.4 is 0 Å². The number of hydrogen-bond donors (Lipinski definition) is 0. The van der Waals surface area contributed by atoms with E-state index in [1.807, 2.05) is 26.8 Å². The zero-order chi connectivity index (χ0) is 15.9. The van der Waals surface area contributed by atoms with E-state index in [-0.39, 0.29) is 25.1 Å². The summed E-state index contributed by atoms with van der Waals surface area (Å²) in [4.78, 5) is 27.7. The fraction of sp³-hybridized carbons (Fsp3) is 0.643. The van der Waals surface area contributed by atoms with Crippen molar-refractivity contribution in [1.29, 1.82) is 0 Å². The largest absolute Gasteiger partial charge is 0.454 e. The highest BCUT2D eigenvalue weighted by atomic mass is 16.6. The Morgan fingerprint density at radius 1 is 1.48 bits per heavy atom. The minimum Gasteiger partial charge on any atom is -0.454 e. The first-order valence-corrected chi connectivity index (χ1v) is 6.79. The summed E-state index contributed by atoms with van der Waals surface area (Å²) in [7, 11) is 0. The molecule has 1 aliphatic heterocycles. The standard InChI is InChI=1S/C14H21N3O4/c1-14(2,3)21-13(19)17-7-4-11(5-8-17)10-12(18)20-9-6-16-15/h4,6H,5,7-10H2,1-3H3. The van der Waals surface area contributed by atoms with E-state index in [1.165, 1.54) is 0 Å². The molecule has 0 aromatic heterocycles. The van der Waals surface area contributed by atoms with Crippen molar-refractivity contribution in [3.63, 3.8) is 0 Å². The normalized spacial score (nSPS) is 14.8. The van der Waals surface area contributed by atoms with Crippen molar-refractivity contribution in [3.05, 3.63) is 17.2 Å². The van der Waals surface area contributed by atoms with Gasteiger partial charge in [-0.2, -0.15) is 4.79 Å². The fourth-order valence-corrected chi connectivity index (χ4v) is 1.76. The van der Waals surface area contributed by atoms with Crippen LogP contribution in [0, 0.1) is 0 Å². The zero-order valence-corrected chi connectivity index (χ0v) is 12.7. The van der Waals surface area contributed by atoms with Gasteiger partial charge in [0.2, 0.25) is 0 Å². The average molecular weight is 295 g/mol. The summed E-state index contributed by atoms with van der Waals surface area (Å²) in [5.74, 6) is -0.383. The van der Waals surface area contributed by atoms with Crippen LogP contribution in [0.25, 0.3) is 5.53 Å². The summed E-state index contributed by atoms with van der Waals surface area (Å²) in [6.07, 6.45) is 3.38. The maximum absolute atomic E-state index is 11.9. The van der Waals surface area contributed by atoms with Gasteiger partial charge in [-0.3, -0.25) is 4.79 Å². The Bertz CT molecular complexity index is 473. The van der Waals surface area contributed by atoms with Gasteiger partial charge in [0.25, 0.3) is 6.21 Å². The highest BCUT2D eigenvalue weighted by molar-refractivity contribution is 5.74. The third kappa shape index (κ3) is 6.72. The van der Waals surface area contributed by atoms with Gasteiger partial charge >= 0.3 is 12.1 Å². The molecule has 1 amide bonds. The second kappa shape index (κ2) is 7.59. The SMILES string of the molecule is CC(C)(C)OC(=O)N1CC=C(CC(=O)OCC=[N+]=[N-])CC1. The summed E-state index contributed by atoms with van der Waals surface area (Å²) in [6.45, 7) is 6.36. The van der Waals surface area contributed by atoms with Gasteiger partial charge in [-0.05, 0) is 27.2 Å². The van der Waals surface area contributed by atoms with Crippen molar-refractivity contribution in [2.45, 2.75) is 39.2 Å². The van der Waals surface area contributed by atoms with Gasteiger partial charge < -0.3 is 19.9 Å². The van der Waals surface area contributed by atoms with Crippen LogP contribution in [0.1, 0.15) is 33.6 Å². The van der Waals surface area contributed by atoms with Crippen LogP contribution in [0.2, 0.25) is 0 Å². The lowest BCUT2D eigenvalue weighted by molar-refractivity contribution is -0.141. The van der Waals surface area contributed by atoms with Gasteiger partial charge in [0.1, 0.15) is 5.60 Å². The van der Waals surface area contributed by atoms with E-state index in [4.69, 9.17) is 15.0 Å². The third-order valence-electron chi connectivity index (χ3n) is 2.73. The van der Waals surface area contributed by atoms with E-state index in [0.29, 0.717) is 19.5 Å². The highest BCUT2D eigenvalue weighted by Crippen LogP contribution is 2.17. The predicted octanol–water partition coefficient (Wildman–Crippen LogP) is 1.79. The molecular weight excluding hydrogens is 274 g/mol. The van der Waals surface area contributed by atoms with Crippen LogP contribution in [0.3, 0.4) is 0 Å². The Hall–Kier alpha value is -2.14. The summed E-state index contributed by atoms with van der Waals surface area (Å²) in [5, 5.41) is 0. The molecule has 1 aliphatic rings. The van der Waals surface area contributed by atoms with Crippen molar-refractivity contribution in [1.82, 2.24) is 4.90 Å². The Balaban J connectivity index is 2.41. The number of hydrogen-bond acceptors (Lipinski definition) is 4. The van der Waals surface area contributed by atoms with Gasteiger partial charge in [0.05, 0.1) is 6.42 Å². The van der Waals surface area contributed by atoms with Crippen LogP contribution in [0.15, 0.2) is 11.6 Å². The van der Waals surface area contributed by atoms with Crippen molar-refractivity contribution < 1.29 is 23.9 Å². The van der Waals surface area contributed by atoms with Gasteiger partial charge in [0, 0.05) is 13.1 Å².